The van der Waals surface area contributed by atoms with Crippen LogP contribution in [0.25, 0.3) is 22.0 Å². The van der Waals surface area contributed by atoms with Crippen LogP contribution in [0, 0.1) is 19.7 Å². The number of nitrogens with zero attached hydrogens (tertiary/aromatic N) is 1. The number of halogens is 4. The van der Waals surface area contributed by atoms with E-state index < -0.39 is 29.4 Å². The summed E-state index contributed by atoms with van der Waals surface area (Å²) in [7, 11) is 0. The second-order valence-electron chi connectivity index (χ2n) is 10.1. The number of carbonyl (C=O) groups excluding carboxylic acids is 1. The minimum atomic E-state index is -4.65. The fourth-order valence-corrected chi connectivity index (χ4v) is 5.03. The first-order valence-electron chi connectivity index (χ1n) is 13.1. The summed E-state index contributed by atoms with van der Waals surface area (Å²) in [6.07, 6.45) is -4.65. The van der Waals surface area contributed by atoms with Crippen LogP contribution in [-0.4, -0.2) is 21.6 Å². The number of rotatable bonds is 7. The van der Waals surface area contributed by atoms with Crippen LogP contribution in [0.15, 0.2) is 84.9 Å². The third-order valence-corrected chi connectivity index (χ3v) is 7.48. The Morgan fingerprint density at radius 1 is 0.905 bits per heavy atom. The molecular weight excluding hydrogens is 548 g/mol. The number of aryl methyl sites for hydroxylation is 1. The Labute approximate surface area is 239 Å². The van der Waals surface area contributed by atoms with Crippen molar-refractivity contribution in [2.45, 2.75) is 33.1 Å². The van der Waals surface area contributed by atoms with Crippen LogP contribution in [0.3, 0.4) is 0 Å². The molecule has 0 aliphatic rings. The molecule has 0 radical (unpaired) electrons. The van der Waals surface area contributed by atoms with Gasteiger partial charge in [-0.25, -0.2) is 9.18 Å². The molecule has 0 fully saturated rings. The molecule has 5 rings (SSSR count). The van der Waals surface area contributed by atoms with E-state index >= 15 is 0 Å². The smallest absolute Gasteiger partial charge is 0.416 e. The standard InChI is InChI=1S/C33H26F4N2O3/c1-19-20(2)39(18-21-7-9-22(10-8-21)26-5-3-4-6-27(26)32(41)42)30-14-12-23(15-28(19)30)31(40)38-17-24-11-13-25(16-29(24)34)33(35,36)37/h3-16H,17-18H2,1-2H3,(H,38,40)(H,41,42). The Morgan fingerprint density at radius 3 is 2.29 bits per heavy atom. The van der Waals surface area contributed by atoms with Gasteiger partial charge < -0.3 is 15.0 Å². The zero-order chi connectivity index (χ0) is 30.2. The summed E-state index contributed by atoms with van der Waals surface area (Å²) in [5, 5.41) is 13.0. The molecule has 1 aromatic heterocycles. The molecule has 0 bridgehead atoms. The SMILES string of the molecule is Cc1c(C)n(Cc2ccc(-c3ccccc3C(=O)O)cc2)c2ccc(C(=O)NCc3ccc(C(F)(F)F)cc3F)cc12. The van der Waals surface area contributed by atoms with Crippen molar-refractivity contribution in [2.75, 3.05) is 0 Å². The van der Waals surface area contributed by atoms with Crippen LogP contribution in [-0.2, 0) is 19.3 Å². The molecule has 214 valence electrons. The number of carbonyl (C=O) groups is 2. The highest BCUT2D eigenvalue weighted by molar-refractivity contribution is 5.99. The van der Waals surface area contributed by atoms with Gasteiger partial charge in [-0.1, -0.05) is 48.5 Å². The lowest BCUT2D eigenvalue weighted by Crippen LogP contribution is -2.23. The van der Waals surface area contributed by atoms with Crippen LogP contribution < -0.4 is 5.32 Å². The number of amides is 1. The van der Waals surface area contributed by atoms with Crippen molar-refractivity contribution in [1.82, 2.24) is 9.88 Å². The van der Waals surface area contributed by atoms with Gasteiger partial charge in [0.25, 0.3) is 5.91 Å². The Balaban J connectivity index is 1.34. The minimum absolute atomic E-state index is 0.0481. The first kappa shape index (κ1) is 28.6. The molecule has 0 spiro atoms. The van der Waals surface area contributed by atoms with E-state index in [1.54, 1.807) is 36.4 Å². The van der Waals surface area contributed by atoms with Gasteiger partial charge in [0, 0.05) is 40.8 Å². The largest absolute Gasteiger partial charge is 0.478 e. The van der Waals surface area contributed by atoms with Crippen molar-refractivity contribution in [2.24, 2.45) is 0 Å². The number of carboxylic acids is 1. The number of alkyl halides is 3. The number of aromatic carboxylic acids is 1. The van der Waals surface area contributed by atoms with Crippen molar-refractivity contribution in [3.05, 3.63) is 130 Å². The molecule has 0 saturated heterocycles. The molecule has 5 nitrogen and oxygen atoms in total. The fourth-order valence-electron chi connectivity index (χ4n) is 5.03. The number of hydrogen-bond donors (Lipinski definition) is 2. The zero-order valence-corrected chi connectivity index (χ0v) is 22.7. The number of carboxylic acid groups (broad SMARTS) is 1. The Kier molecular flexibility index (Phi) is 7.60. The fraction of sp³-hybridized carbons (Fsp3) is 0.152. The zero-order valence-electron chi connectivity index (χ0n) is 22.7. The highest BCUT2D eigenvalue weighted by Crippen LogP contribution is 2.31. The van der Waals surface area contributed by atoms with E-state index in [1.165, 1.54) is 0 Å². The molecule has 4 aromatic carbocycles. The molecule has 5 aromatic rings. The van der Waals surface area contributed by atoms with Crippen LogP contribution >= 0.6 is 0 Å². The van der Waals surface area contributed by atoms with Gasteiger partial charge >= 0.3 is 12.1 Å². The van der Waals surface area contributed by atoms with Crippen molar-refractivity contribution in [3.63, 3.8) is 0 Å². The molecule has 0 aliphatic heterocycles. The number of hydrogen-bond acceptors (Lipinski definition) is 2. The summed E-state index contributed by atoms with van der Waals surface area (Å²) in [4.78, 5) is 24.5. The van der Waals surface area contributed by atoms with Gasteiger partial charge in [-0.15, -0.1) is 0 Å². The van der Waals surface area contributed by atoms with Gasteiger partial charge in [0.1, 0.15) is 5.82 Å². The molecule has 2 N–H and O–H groups in total. The average molecular weight is 575 g/mol. The van der Waals surface area contributed by atoms with Gasteiger partial charge in [0.15, 0.2) is 0 Å². The van der Waals surface area contributed by atoms with E-state index in [2.05, 4.69) is 9.88 Å². The first-order valence-corrected chi connectivity index (χ1v) is 13.1. The summed E-state index contributed by atoms with van der Waals surface area (Å²) in [5.74, 6) is -2.50. The van der Waals surface area contributed by atoms with Crippen molar-refractivity contribution >= 4 is 22.8 Å². The maximum absolute atomic E-state index is 14.2. The lowest BCUT2D eigenvalue weighted by Gasteiger charge is -2.11. The molecule has 42 heavy (non-hydrogen) atoms. The topological polar surface area (TPSA) is 71.3 Å². The van der Waals surface area contributed by atoms with Gasteiger partial charge in [-0.3, -0.25) is 4.79 Å². The lowest BCUT2D eigenvalue weighted by atomic mass is 9.99. The summed E-state index contributed by atoms with van der Waals surface area (Å²) in [6.45, 7) is 4.24. The molecule has 1 amide bonds. The summed E-state index contributed by atoms with van der Waals surface area (Å²) >= 11 is 0. The van der Waals surface area contributed by atoms with Crippen molar-refractivity contribution in [1.29, 1.82) is 0 Å². The Morgan fingerprint density at radius 2 is 1.62 bits per heavy atom. The number of nitrogens with one attached hydrogen (secondary N) is 1. The molecule has 1 heterocycles. The Bertz CT molecular complexity index is 1820. The second kappa shape index (κ2) is 11.2. The number of fused-ring (bicyclic) bond motifs is 1. The highest BCUT2D eigenvalue weighted by atomic mass is 19.4. The number of aromatic nitrogens is 1. The molecule has 0 atom stereocenters. The number of benzene rings is 4. The predicted molar refractivity (Wildman–Crippen MR) is 152 cm³/mol. The summed E-state index contributed by atoms with van der Waals surface area (Å²) in [5.41, 5.74) is 4.80. The first-order chi connectivity index (χ1) is 19.9. The van der Waals surface area contributed by atoms with Crippen LogP contribution in [0.5, 0.6) is 0 Å². The third kappa shape index (κ3) is 5.63. The second-order valence-corrected chi connectivity index (χ2v) is 10.1. The maximum Gasteiger partial charge on any atom is 0.416 e. The van der Waals surface area contributed by atoms with Gasteiger partial charge in [0.2, 0.25) is 0 Å². The maximum atomic E-state index is 14.2. The van der Waals surface area contributed by atoms with Gasteiger partial charge in [0.05, 0.1) is 11.1 Å². The summed E-state index contributed by atoms with van der Waals surface area (Å²) < 4.78 is 54.8. The van der Waals surface area contributed by atoms with E-state index in [-0.39, 0.29) is 17.7 Å². The average Bonchev–Trinajstić information content (AvgIpc) is 3.20. The van der Waals surface area contributed by atoms with Crippen LogP contribution in [0.4, 0.5) is 17.6 Å². The molecule has 9 heteroatoms. The minimum Gasteiger partial charge on any atom is -0.478 e. The molecular formula is C33H26F4N2O3. The van der Waals surface area contributed by atoms with Crippen LogP contribution in [0.1, 0.15) is 48.7 Å². The van der Waals surface area contributed by atoms with E-state index in [4.69, 9.17) is 0 Å². The van der Waals surface area contributed by atoms with Gasteiger partial charge in [-0.2, -0.15) is 13.2 Å². The van der Waals surface area contributed by atoms with Crippen molar-refractivity contribution < 1.29 is 32.3 Å². The highest BCUT2D eigenvalue weighted by Gasteiger charge is 2.31. The predicted octanol–water partition coefficient (Wildman–Crippen LogP) is 7.76. The summed E-state index contributed by atoms with van der Waals surface area (Å²) in [6, 6.07) is 22.0. The Hall–Kier alpha value is -4.92. The lowest BCUT2D eigenvalue weighted by molar-refractivity contribution is -0.137. The quantitative estimate of drug-likeness (QED) is 0.195. The van der Waals surface area contributed by atoms with Gasteiger partial charge in [-0.05, 0) is 72.5 Å². The van der Waals surface area contributed by atoms with E-state index in [0.717, 1.165) is 45.4 Å². The van der Waals surface area contributed by atoms with E-state index in [1.807, 2.05) is 44.2 Å². The molecule has 0 aliphatic carbocycles. The van der Waals surface area contributed by atoms with E-state index in [0.29, 0.717) is 23.7 Å². The van der Waals surface area contributed by atoms with E-state index in [9.17, 15) is 32.3 Å². The monoisotopic (exact) mass is 574 g/mol. The third-order valence-electron chi connectivity index (χ3n) is 7.48. The molecule has 0 unspecified atom stereocenters. The van der Waals surface area contributed by atoms with Crippen molar-refractivity contribution in [3.8, 4) is 11.1 Å². The van der Waals surface area contributed by atoms with Crippen LogP contribution in [0.2, 0.25) is 0 Å². The molecule has 0 saturated carbocycles. The normalized spacial score (nSPS) is 11.6.